The second-order valence-electron chi connectivity index (χ2n) is 4.45. The summed E-state index contributed by atoms with van der Waals surface area (Å²) < 4.78 is 0.741. The van der Waals surface area contributed by atoms with Crippen LogP contribution in [-0.2, 0) is 0 Å². The number of hydrogen-bond donors (Lipinski definition) is 1. The van der Waals surface area contributed by atoms with Crippen LogP contribution in [0.15, 0.2) is 40.9 Å². The number of nitrogens with zero attached hydrogens (tertiary/aromatic N) is 1. The molecule has 0 bridgehead atoms. The molecule has 1 unspecified atom stereocenters. The maximum absolute atomic E-state index is 10.8. The van der Waals surface area contributed by atoms with Crippen molar-refractivity contribution in [3.05, 3.63) is 66.6 Å². The molecule has 110 valence electrons. The average molecular weight is 390 g/mol. The minimum Gasteiger partial charge on any atom is -0.377 e. The number of rotatable bonds is 4. The van der Waals surface area contributed by atoms with Crippen LogP contribution in [0.25, 0.3) is 0 Å². The molecule has 0 aliphatic rings. The Hall–Kier alpha value is -1.30. The quantitative estimate of drug-likeness (QED) is 0.528. The summed E-state index contributed by atoms with van der Waals surface area (Å²) in [7, 11) is 0. The van der Waals surface area contributed by atoms with Crippen LogP contribution in [0, 0.1) is 10.1 Å². The highest BCUT2D eigenvalue weighted by Crippen LogP contribution is 2.32. The van der Waals surface area contributed by atoms with E-state index in [-0.39, 0.29) is 11.7 Å². The van der Waals surface area contributed by atoms with Crippen LogP contribution < -0.4 is 5.32 Å². The molecule has 0 aliphatic carbocycles. The second-order valence-corrected chi connectivity index (χ2v) is 6.15. The molecule has 1 atom stereocenters. The zero-order valence-corrected chi connectivity index (χ0v) is 14.0. The molecule has 21 heavy (non-hydrogen) atoms. The van der Waals surface area contributed by atoms with Gasteiger partial charge < -0.3 is 5.32 Å². The maximum Gasteiger partial charge on any atom is 0.271 e. The third-order valence-corrected chi connectivity index (χ3v) is 4.22. The molecule has 1 N–H and O–H groups in total. The Labute approximate surface area is 140 Å². The zero-order valence-electron chi connectivity index (χ0n) is 10.9. The molecule has 0 aliphatic heterocycles. The van der Waals surface area contributed by atoms with Crippen LogP contribution in [0.5, 0.6) is 0 Å². The van der Waals surface area contributed by atoms with E-state index in [0.717, 1.165) is 10.0 Å². The lowest BCUT2D eigenvalue weighted by Crippen LogP contribution is -2.08. The van der Waals surface area contributed by atoms with Gasteiger partial charge in [-0.1, -0.05) is 29.3 Å². The smallest absolute Gasteiger partial charge is 0.271 e. The normalized spacial score (nSPS) is 12.0. The number of benzene rings is 2. The highest BCUT2D eigenvalue weighted by Gasteiger charge is 2.14. The van der Waals surface area contributed by atoms with Gasteiger partial charge in [-0.25, -0.2) is 0 Å². The van der Waals surface area contributed by atoms with Crippen molar-refractivity contribution in [1.82, 2.24) is 0 Å². The molecule has 0 radical (unpaired) electrons. The van der Waals surface area contributed by atoms with E-state index >= 15 is 0 Å². The van der Waals surface area contributed by atoms with E-state index in [4.69, 9.17) is 23.2 Å². The number of non-ortho nitro benzene ring substituents is 1. The Balaban J connectivity index is 2.28. The first-order valence-electron chi connectivity index (χ1n) is 6.04. The predicted octanol–water partition coefficient (Wildman–Crippen LogP) is 5.84. The Bertz CT molecular complexity index is 695. The van der Waals surface area contributed by atoms with E-state index in [1.165, 1.54) is 12.1 Å². The molecule has 0 saturated carbocycles. The zero-order chi connectivity index (χ0) is 15.6. The fourth-order valence-corrected chi connectivity index (χ4v) is 2.83. The molecular formula is C14H11BrCl2N2O2. The van der Waals surface area contributed by atoms with Crippen LogP contribution in [0.1, 0.15) is 18.5 Å². The lowest BCUT2D eigenvalue weighted by atomic mass is 10.1. The molecule has 4 nitrogen and oxygen atoms in total. The number of anilines is 1. The summed E-state index contributed by atoms with van der Waals surface area (Å²) in [6, 6.07) is 9.67. The highest BCUT2D eigenvalue weighted by molar-refractivity contribution is 9.10. The number of hydrogen-bond acceptors (Lipinski definition) is 3. The van der Waals surface area contributed by atoms with Crippen LogP contribution in [0.3, 0.4) is 0 Å². The Morgan fingerprint density at radius 2 is 1.95 bits per heavy atom. The summed E-state index contributed by atoms with van der Waals surface area (Å²) >= 11 is 15.4. The van der Waals surface area contributed by atoms with E-state index < -0.39 is 4.92 Å². The summed E-state index contributed by atoms with van der Waals surface area (Å²) in [5.41, 5.74) is 1.51. The summed E-state index contributed by atoms with van der Waals surface area (Å²) in [5, 5.41) is 15.1. The van der Waals surface area contributed by atoms with E-state index in [9.17, 15) is 10.1 Å². The van der Waals surface area contributed by atoms with Crippen LogP contribution >= 0.6 is 39.1 Å². The Morgan fingerprint density at radius 1 is 1.24 bits per heavy atom. The minimum atomic E-state index is -0.433. The lowest BCUT2D eigenvalue weighted by Gasteiger charge is -2.18. The third kappa shape index (κ3) is 3.87. The third-order valence-electron chi connectivity index (χ3n) is 2.96. The van der Waals surface area contributed by atoms with Crippen molar-refractivity contribution in [2.45, 2.75) is 13.0 Å². The van der Waals surface area contributed by atoms with E-state index in [2.05, 4.69) is 21.2 Å². The van der Waals surface area contributed by atoms with Gasteiger partial charge in [-0.05, 0) is 46.6 Å². The Kier molecular flexibility index (Phi) is 5.08. The first kappa shape index (κ1) is 16.1. The van der Waals surface area contributed by atoms with Crippen molar-refractivity contribution in [3.8, 4) is 0 Å². The summed E-state index contributed by atoms with van der Waals surface area (Å²) in [5.74, 6) is 0. The van der Waals surface area contributed by atoms with Crippen LogP contribution in [0.4, 0.5) is 11.4 Å². The molecule has 0 aromatic heterocycles. The average Bonchev–Trinajstić information content (AvgIpc) is 2.40. The first-order valence-corrected chi connectivity index (χ1v) is 7.59. The minimum absolute atomic E-state index is 0.0232. The molecular weight excluding hydrogens is 379 g/mol. The number of halogens is 3. The molecule has 2 aromatic carbocycles. The van der Waals surface area contributed by atoms with Crippen LogP contribution in [0.2, 0.25) is 10.0 Å². The van der Waals surface area contributed by atoms with Crippen molar-refractivity contribution in [1.29, 1.82) is 0 Å². The fraction of sp³-hybridized carbons (Fsp3) is 0.143. The highest BCUT2D eigenvalue weighted by atomic mass is 79.9. The lowest BCUT2D eigenvalue weighted by molar-refractivity contribution is -0.384. The summed E-state index contributed by atoms with van der Waals surface area (Å²) in [4.78, 5) is 10.4. The van der Waals surface area contributed by atoms with Crippen molar-refractivity contribution >= 4 is 50.5 Å². The van der Waals surface area contributed by atoms with Gasteiger partial charge in [0.2, 0.25) is 0 Å². The van der Waals surface area contributed by atoms with Gasteiger partial charge in [0.15, 0.2) is 0 Å². The predicted molar refractivity (Wildman–Crippen MR) is 89.3 cm³/mol. The molecule has 0 heterocycles. The molecule has 0 saturated heterocycles. The molecule has 2 aromatic rings. The van der Waals surface area contributed by atoms with E-state index in [1.54, 1.807) is 18.2 Å². The van der Waals surface area contributed by atoms with Gasteiger partial charge in [0.1, 0.15) is 0 Å². The molecule has 7 heteroatoms. The fourth-order valence-electron chi connectivity index (χ4n) is 1.90. The van der Waals surface area contributed by atoms with Crippen LogP contribution in [-0.4, -0.2) is 4.92 Å². The standard InChI is InChI=1S/C14H11BrCl2N2O2/c1-8(11-4-2-9(16)6-13(11)17)18-14-7-10(19(20)21)3-5-12(14)15/h2-8,18H,1H3. The Morgan fingerprint density at radius 3 is 2.57 bits per heavy atom. The summed E-state index contributed by atoms with van der Waals surface area (Å²) in [6.07, 6.45) is 0. The number of nitro groups is 1. The molecule has 0 fully saturated rings. The van der Waals surface area contributed by atoms with Gasteiger partial charge >= 0.3 is 0 Å². The van der Waals surface area contributed by atoms with Crippen molar-refractivity contribution < 1.29 is 4.92 Å². The van der Waals surface area contributed by atoms with Gasteiger partial charge in [-0.15, -0.1) is 0 Å². The number of nitrogens with one attached hydrogen (secondary N) is 1. The number of nitro benzene ring substituents is 1. The van der Waals surface area contributed by atoms with E-state index in [1.807, 2.05) is 13.0 Å². The topological polar surface area (TPSA) is 55.2 Å². The second kappa shape index (κ2) is 6.64. The van der Waals surface area contributed by atoms with Crippen molar-refractivity contribution in [3.63, 3.8) is 0 Å². The van der Waals surface area contributed by atoms with Gasteiger partial charge in [0.25, 0.3) is 5.69 Å². The van der Waals surface area contributed by atoms with Gasteiger partial charge in [-0.3, -0.25) is 10.1 Å². The summed E-state index contributed by atoms with van der Waals surface area (Å²) in [6.45, 7) is 1.92. The SMILES string of the molecule is CC(Nc1cc([N+](=O)[O-])ccc1Br)c1ccc(Cl)cc1Cl. The van der Waals surface area contributed by atoms with Crippen molar-refractivity contribution in [2.24, 2.45) is 0 Å². The van der Waals surface area contributed by atoms with E-state index in [0.29, 0.717) is 15.7 Å². The molecule has 0 amide bonds. The first-order chi connectivity index (χ1) is 9.88. The molecule has 2 rings (SSSR count). The van der Waals surface area contributed by atoms with Gasteiger partial charge in [-0.2, -0.15) is 0 Å². The largest absolute Gasteiger partial charge is 0.377 e. The monoisotopic (exact) mass is 388 g/mol. The van der Waals surface area contributed by atoms with Crippen molar-refractivity contribution in [2.75, 3.05) is 5.32 Å². The van der Waals surface area contributed by atoms with Gasteiger partial charge in [0, 0.05) is 26.7 Å². The molecule has 0 spiro atoms. The maximum atomic E-state index is 10.8. The van der Waals surface area contributed by atoms with Gasteiger partial charge in [0.05, 0.1) is 16.7 Å².